The molecule has 2 rings (SSSR count). The first-order valence-corrected chi connectivity index (χ1v) is 9.88. The average Bonchev–Trinajstić information content (AvgIpc) is 2.84. The van der Waals surface area contributed by atoms with Crippen LogP contribution in [0.2, 0.25) is 0 Å². The lowest BCUT2D eigenvalue weighted by molar-refractivity contribution is 0.173. The van der Waals surface area contributed by atoms with Gasteiger partial charge >= 0.3 is 0 Å². The van der Waals surface area contributed by atoms with Crippen LogP contribution in [0.1, 0.15) is 31.7 Å². The van der Waals surface area contributed by atoms with Gasteiger partial charge in [-0.15, -0.1) is 0 Å². The SMILES string of the molecule is CCCN(Cc1cnn(C)c1)C[C@@H]1CCCN(S(C)(=O)=O)C1. The summed E-state index contributed by atoms with van der Waals surface area (Å²) >= 11 is 0. The van der Waals surface area contributed by atoms with Crippen LogP contribution in [-0.4, -0.2) is 59.8 Å². The van der Waals surface area contributed by atoms with Crippen LogP contribution in [0.5, 0.6) is 0 Å². The predicted octanol–water partition coefficient (Wildman–Crippen LogP) is 1.30. The van der Waals surface area contributed by atoms with Crippen LogP contribution in [0.15, 0.2) is 12.4 Å². The molecule has 0 saturated carbocycles. The van der Waals surface area contributed by atoms with Crippen LogP contribution >= 0.6 is 0 Å². The van der Waals surface area contributed by atoms with Gasteiger partial charge in [0.15, 0.2) is 0 Å². The van der Waals surface area contributed by atoms with Crippen LogP contribution in [0.3, 0.4) is 0 Å². The van der Waals surface area contributed by atoms with Crippen LogP contribution in [0, 0.1) is 5.92 Å². The van der Waals surface area contributed by atoms with Gasteiger partial charge in [-0.2, -0.15) is 5.10 Å². The maximum absolute atomic E-state index is 11.7. The van der Waals surface area contributed by atoms with Crippen LogP contribution in [-0.2, 0) is 23.6 Å². The number of hydrogen-bond acceptors (Lipinski definition) is 4. The highest BCUT2D eigenvalue weighted by Crippen LogP contribution is 2.20. The van der Waals surface area contributed by atoms with E-state index in [-0.39, 0.29) is 0 Å². The molecule has 0 N–H and O–H groups in total. The zero-order valence-corrected chi connectivity index (χ0v) is 14.7. The third-order valence-electron chi connectivity index (χ3n) is 4.17. The summed E-state index contributed by atoms with van der Waals surface area (Å²) in [5.41, 5.74) is 1.21. The van der Waals surface area contributed by atoms with E-state index in [0.717, 1.165) is 38.9 Å². The fourth-order valence-corrected chi connectivity index (χ4v) is 4.15. The minimum absolute atomic E-state index is 0.423. The van der Waals surface area contributed by atoms with E-state index in [9.17, 15) is 8.42 Å². The van der Waals surface area contributed by atoms with Crippen molar-refractivity contribution in [3.05, 3.63) is 18.0 Å². The van der Waals surface area contributed by atoms with Crippen LogP contribution < -0.4 is 0 Å². The largest absolute Gasteiger partial charge is 0.299 e. The summed E-state index contributed by atoms with van der Waals surface area (Å²) in [6, 6.07) is 0. The number of aromatic nitrogens is 2. The molecule has 0 aliphatic carbocycles. The monoisotopic (exact) mass is 328 g/mol. The third-order valence-corrected chi connectivity index (χ3v) is 5.44. The molecule has 1 aromatic heterocycles. The number of piperidine rings is 1. The molecule has 0 amide bonds. The number of rotatable bonds is 7. The highest BCUT2D eigenvalue weighted by Gasteiger charge is 2.27. The van der Waals surface area contributed by atoms with E-state index in [1.165, 1.54) is 11.8 Å². The molecular weight excluding hydrogens is 300 g/mol. The summed E-state index contributed by atoms with van der Waals surface area (Å²) in [5.74, 6) is 0.423. The maximum Gasteiger partial charge on any atom is 0.211 e. The van der Waals surface area contributed by atoms with Gasteiger partial charge in [0.05, 0.1) is 12.5 Å². The molecule has 0 radical (unpaired) electrons. The Morgan fingerprint density at radius 3 is 2.82 bits per heavy atom. The number of nitrogens with zero attached hydrogens (tertiary/aromatic N) is 4. The molecule has 1 aromatic rings. The van der Waals surface area contributed by atoms with Crippen molar-refractivity contribution in [2.75, 3.05) is 32.4 Å². The fourth-order valence-electron chi connectivity index (χ4n) is 3.21. The Bertz CT molecular complexity index is 570. The van der Waals surface area contributed by atoms with Gasteiger partial charge in [0.25, 0.3) is 0 Å². The molecular formula is C15H28N4O2S. The first-order valence-electron chi connectivity index (χ1n) is 8.03. The minimum Gasteiger partial charge on any atom is -0.299 e. The second kappa shape index (κ2) is 7.57. The van der Waals surface area contributed by atoms with Gasteiger partial charge < -0.3 is 0 Å². The molecule has 1 fully saturated rings. The molecule has 6 nitrogen and oxygen atoms in total. The zero-order valence-electron chi connectivity index (χ0n) is 13.9. The van der Waals surface area contributed by atoms with E-state index >= 15 is 0 Å². The zero-order chi connectivity index (χ0) is 16.2. The standard InChI is InChI=1S/C15H28N4O2S/c1-4-7-18(12-15-9-16-17(2)10-15)11-14-6-5-8-19(13-14)22(3,20)21/h9-10,14H,4-8,11-13H2,1-3H3/t14-/m0/s1. The summed E-state index contributed by atoms with van der Waals surface area (Å²) in [7, 11) is -1.13. The van der Waals surface area contributed by atoms with Crippen LogP contribution in [0.4, 0.5) is 0 Å². The van der Waals surface area contributed by atoms with Gasteiger partial charge in [-0.1, -0.05) is 6.92 Å². The van der Waals surface area contributed by atoms with E-state index in [4.69, 9.17) is 0 Å². The van der Waals surface area contributed by atoms with E-state index in [1.54, 1.807) is 4.31 Å². The minimum atomic E-state index is -3.06. The van der Waals surface area contributed by atoms with Crippen molar-refractivity contribution in [2.45, 2.75) is 32.7 Å². The molecule has 0 aromatic carbocycles. The Morgan fingerprint density at radius 1 is 1.45 bits per heavy atom. The lowest BCUT2D eigenvalue weighted by Gasteiger charge is -2.34. The molecule has 126 valence electrons. The first kappa shape index (κ1) is 17.4. The Kier molecular flexibility index (Phi) is 6.00. The van der Waals surface area contributed by atoms with Crippen molar-refractivity contribution in [1.29, 1.82) is 0 Å². The molecule has 0 spiro atoms. The topological polar surface area (TPSA) is 58.4 Å². The number of hydrogen-bond donors (Lipinski definition) is 0. The molecule has 0 bridgehead atoms. The molecule has 0 unspecified atom stereocenters. The van der Waals surface area contributed by atoms with Gasteiger partial charge in [-0.25, -0.2) is 12.7 Å². The smallest absolute Gasteiger partial charge is 0.211 e. The number of aryl methyl sites for hydroxylation is 1. The lowest BCUT2D eigenvalue weighted by atomic mass is 9.99. The fraction of sp³-hybridized carbons (Fsp3) is 0.800. The van der Waals surface area contributed by atoms with Crippen molar-refractivity contribution in [1.82, 2.24) is 19.0 Å². The molecule has 1 aliphatic rings. The summed E-state index contributed by atoms with van der Waals surface area (Å²) in [4.78, 5) is 2.42. The molecule has 22 heavy (non-hydrogen) atoms. The molecule has 2 heterocycles. The van der Waals surface area contributed by atoms with E-state index in [0.29, 0.717) is 19.0 Å². The second-order valence-electron chi connectivity index (χ2n) is 6.39. The van der Waals surface area contributed by atoms with E-state index in [1.807, 2.05) is 24.1 Å². The quantitative estimate of drug-likeness (QED) is 0.757. The molecule has 1 atom stereocenters. The second-order valence-corrected chi connectivity index (χ2v) is 8.37. The van der Waals surface area contributed by atoms with Crippen molar-refractivity contribution < 1.29 is 8.42 Å². The van der Waals surface area contributed by atoms with Gasteiger partial charge in [0, 0.05) is 45.0 Å². The van der Waals surface area contributed by atoms with E-state index in [2.05, 4.69) is 16.9 Å². The third kappa shape index (κ3) is 5.07. The Labute approximate surface area is 134 Å². The Balaban J connectivity index is 1.95. The van der Waals surface area contributed by atoms with Gasteiger partial charge in [-0.3, -0.25) is 9.58 Å². The highest BCUT2D eigenvalue weighted by molar-refractivity contribution is 7.88. The summed E-state index contributed by atoms with van der Waals surface area (Å²) in [6.45, 7) is 6.38. The normalized spacial score (nSPS) is 20.6. The van der Waals surface area contributed by atoms with Crippen molar-refractivity contribution >= 4 is 10.0 Å². The maximum atomic E-state index is 11.7. The Hall–Kier alpha value is -0.920. The number of sulfonamides is 1. The summed E-state index contributed by atoms with van der Waals surface area (Å²) in [6.07, 6.45) is 8.44. The Morgan fingerprint density at radius 2 is 2.23 bits per heavy atom. The van der Waals surface area contributed by atoms with E-state index < -0.39 is 10.0 Å². The average molecular weight is 328 g/mol. The predicted molar refractivity (Wildman–Crippen MR) is 87.9 cm³/mol. The molecule has 1 saturated heterocycles. The first-order chi connectivity index (χ1) is 10.4. The molecule has 1 aliphatic heterocycles. The van der Waals surface area contributed by atoms with Gasteiger partial charge in [-0.05, 0) is 31.7 Å². The molecule has 7 heteroatoms. The van der Waals surface area contributed by atoms with Gasteiger partial charge in [0.1, 0.15) is 0 Å². The van der Waals surface area contributed by atoms with Crippen LogP contribution in [0.25, 0.3) is 0 Å². The van der Waals surface area contributed by atoms with Gasteiger partial charge in [0.2, 0.25) is 10.0 Å². The van der Waals surface area contributed by atoms with Crippen molar-refractivity contribution in [3.63, 3.8) is 0 Å². The van der Waals surface area contributed by atoms with Crippen molar-refractivity contribution in [2.24, 2.45) is 13.0 Å². The summed E-state index contributed by atoms with van der Waals surface area (Å²) in [5, 5.41) is 4.22. The summed E-state index contributed by atoms with van der Waals surface area (Å²) < 4.78 is 26.9. The highest BCUT2D eigenvalue weighted by atomic mass is 32.2. The van der Waals surface area contributed by atoms with Crippen molar-refractivity contribution in [3.8, 4) is 0 Å². The lowest BCUT2D eigenvalue weighted by Crippen LogP contribution is -2.43.